The zero-order valence-corrected chi connectivity index (χ0v) is 8.08. The zero-order chi connectivity index (χ0) is 11.8. The van der Waals surface area contributed by atoms with Crippen LogP contribution in [0.3, 0.4) is 0 Å². The lowest BCUT2D eigenvalue weighted by atomic mass is 10.1. The molecule has 0 unspecified atom stereocenters. The third-order valence-corrected chi connectivity index (χ3v) is 2.55. The maximum atomic E-state index is 12.3. The third-order valence-electron chi connectivity index (χ3n) is 2.55. The first kappa shape index (κ1) is 10.8. The van der Waals surface area contributed by atoms with Crippen LogP contribution in [-0.2, 0) is 16.5 Å². The summed E-state index contributed by atoms with van der Waals surface area (Å²) in [5, 5.41) is 0. The first-order valence-electron chi connectivity index (χ1n) is 4.61. The summed E-state index contributed by atoms with van der Waals surface area (Å²) in [4.78, 5) is 17.4. The van der Waals surface area contributed by atoms with Crippen LogP contribution in [0.15, 0.2) is 23.3 Å². The number of rotatable bonds is 2. The molecule has 1 aliphatic rings. The van der Waals surface area contributed by atoms with Crippen LogP contribution in [0.4, 0.5) is 13.2 Å². The van der Waals surface area contributed by atoms with E-state index in [1.54, 1.807) is 0 Å². The smallest absolute Gasteiger partial charge is 0.258 e. The number of hydrogen-bond acceptors (Lipinski definition) is 3. The van der Waals surface area contributed by atoms with E-state index in [2.05, 4.69) is 9.98 Å². The number of pyridine rings is 1. The fraction of sp³-hybridized carbons (Fsp3) is 0.400. The van der Waals surface area contributed by atoms with Gasteiger partial charge in [0.1, 0.15) is 5.54 Å². The molecule has 1 aromatic heterocycles. The van der Waals surface area contributed by atoms with Gasteiger partial charge in [0.05, 0.1) is 11.3 Å². The number of aromatic nitrogens is 1. The monoisotopic (exact) mass is 228 g/mol. The van der Waals surface area contributed by atoms with E-state index in [1.807, 2.05) is 0 Å². The Balaban J connectivity index is 2.30. The number of halogens is 3. The van der Waals surface area contributed by atoms with E-state index in [1.165, 1.54) is 12.1 Å². The predicted octanol–water partition coefficient (Wildman–Crippen LogP) is 2.43. The molecule has 0 N–H and O–H groups in total. The molecule has 1 aliphatic carbocycles. The summed E-state index contributed by atoms with van der Waals surface area (Å²) >= 11 is 0. The largest absolute Gasteiger partial charge is 0.417 e. The van der Waals surface area contributed by atoms with E-state index >= 15 is 0 Å². The second-order valence-corrected chi connectivity index (χ2v) is 3.66. The lowest BCUT2D eigenvalue weighted by Gasteiger charge is -2.09. The summed E-state index contributed by atoms with van der Waals surface area (Å²) in [6.45, 7) is 0. The number of hydrogen-bond donors (Lipinski definition) is 0. The topological polar surface area (TPSA) is 42.3 Å². The molecule has 3 nitrogen and oxygen atoms in total. The van der Waals surface area contributed by atoms with E-state index in [0.717, 1.165) is 12.3 Å². The molecular weight excluding hydrogens is 221 g/mol. The quantitative estimate of drug-likeness (QED) is 0.576. The van der Waals surface area contributed by atoms with Gasteiger partial charge in [0.2, 0.25) is 6.08 Å². The fourth-order valence-corrected chi connectivity index (χ4v) is 1.47. The van der Waals surface area contributed by atoms with E-state index in [0.29, 0.717) is 18.5 Å². The highest BCUT2D eigenvalue weighted by Gasteiger charge is 2.46. The molecule has 0 bridgehead atoms. The average Bonchev–Trinajstić information content (AvgIpc) is 2.99. The van der Waals surface area contributed by atoms with Gasteiger partial charge >= 0.3 is 6.18 Å². The summed E-state index contributed by atoms with van der Waals surface area (Å²) in [6.07, 6.45) is -0.955. The molecule has 1 fully saturated rings. The van der Waals surface area contributed by atoms with Gasteiger partial charge in [-0.1, -0.05) is 0 Å². The first-order chi connectivity index (χ1) is 7.48. The number of isocyanates is 1. The molecule has 1 heterocycles. The molecule has 0 radical (unpaired) electrons. The van der Waals surface area contributed by atoms with E-state index < -0.39 is 17.3 Å². The molecule has 0 aliphatic heterocycles. The van der Waals surface area contributed by atoms with Gasteiger partial charge in [-0.3, -0.25) is 4.98 Å². The third kappa shape index (κ3) is 1.84. The van der Waals surface area contributed by atoms with Crippen molar-refractivity contribution in [3.63, 3.8) is 0 Å². The fourth-order valence-electron chi connectivity index (χ4n) is 1.47. The van der Waals surface area contributed by atoms with Gasteiger partial charge in [-0.25, -0.2) is 4.79 Å². The van der Waals surface area contributed by atoms with Crippen molar-refractivity contribution in [2.45, 2.75) is 24.6 Å². The highest BCUT2D eigenvalue weighted by Crippen LogP contribution is 2.48. The summed E-state index contributed by atoms with van der Waals surface area (Å²) in [7, 11) is 0. The Morgan fingerprint density at radius 2 is 2.06 bits per heavy atom. The lowest BCUT2D eigenvalue weighted by Crippen LogP contribution is -2.09. The van der Waals surface area contributed by atoms with Crippen LogP contribution in [0.2, 0.25) is 0 Å². The Labute approximate surface area is 89.0 Å². The van der Waals surface area contributed by atoms with Crippen LogP contribution in [0, 0.1) is 0 Å². The van der Waals surface area contributed by atoms with Crippen LogP contribution in [0.1, 0.15) is 24.1 Å². The van der Waals surface area contributed by atoms with Crippen molar-refractivity contribution in [1.82, 2.24) is 4.98 Å². The van der Waals surface area contributed by atoms with Crippen molar-refractivity contribution in [1.29, 1.82) is 0 Å². The van der Waals surface area contributed by atoms with Crippen LogP contribution < -0.4 is 0 Å². The zero-order valence-electron chi connectivity index (χ0n) is 8.08. The van der Waals surface area contributed by atoms with Gasteiger partial charge in [0.15, 0.2) is 0 Å². The van der Waals surface area contributed by atoms with Crippen LogP contribution >= 0.6 is 0 Å². The van der Waals surface area contributed by atoms with Gasteiger partial charge in [-0.15, -0.1) is 0 Å². The van der Waals surface area contributed by atoms with Gasteiger partial charge in [0, 0.05) is 6.20 Å². The summed E-state index contributed by atoms with van der Waals surface area (Å²) in [5.41, 5.74) is -1.13. The van der Waals surface area contributed by atoms with Crippen molar-refractivity contribution >= 4 is 6.08 Å². The van der Waals surface area contributed by atoms with Crippen LogP contribution in [0.5, 0.6) is 0 Å². The minimum Gasteiger partial charge on any atom is -0.258 e. The standard InChI is InChI=1S/C10H7F3N2O/c11-10(12,13)7-1-2-8(14-5-7)9(3-4-9)15-6-16/h1-2,5H,3-4H2. The first-order valence-corrected chi connectivity index (χ1v) is 4.61. The van der Waals surface area contributed by atoms with Crippen molar-refractivity contribution in [3.8, 4) is 0 Å². The second kappa shape index (κ2) is 3.42. The number of nitrogens with zero attached hydrogens (tertiary/aromatic N) is 2. The van der Waals surface area contributed by atoms with Crippen molar-refractivity contribution in [2.75, 3.05) is 0 Å². The molecule has 0 spiro atoms. The molecule has 16 heavy (non-hydrogen) atoms. The number of aliphatic imine (C=N–C) groups is 1. The second-order valence-electron chi connectivity index (χ2n) is 3.66. The normalized spacial score (nSPS) is 17.7. The molecule has 0 saturated heterocycles. The molecule has 0 amide bonds. The molecule has 0 aromatic carbocycles. The molecular formula is C10H7F3N2O. The van der Waals surface area contributed by atoms with Gasteiger partial charge in [-0.2, -0.15) is 18.2 Å². The van der Waals surface area contributed by atoms with Crippen molar-refractivity contribution in [2.24, 2.45) is 4.99 Å². The maximum absolute atomic E-state index is 12.3. The maximum Gasteiger partial charge on any atom is 0.417 e. The molecule has 2 rings (SSSR count). The van der Waals surface area contributed by atoms with Crippen LogP contribution in [0.25, 0.3) is 0 Å². The van der Waals surface area contributed by atoms with Crippen molar-refractivity contribution in [3.05, 3.63) is 29.6 Å². The van der Waals surface area contributed by atoms with Crippen LogP contribution in [-0.4, -0.2) is 11.1 Å². The summed E-state index contributed by atoms with van der Waals surface area (Å²) in [5.74, 6) is 0. The molecule has 1 saturated carbocycles. The highest BCUT2D eigenvalue weighted by atomic mass is 19.4. The van der Waals surface area contributed by atoms with E-state index in [-0.39, 0.29) is 0 Å². The number of carbonyl (C=O) groups excluding carboxylic acids is 1. The Hall–Kier alpha value is -1.68. The predicted molar refractivity (Wildman–Crippen MR) is 48.3 cm³/mol. The lowest BCUT2D eigenvalue weighted by molar-refractivity contribution is -0.137. The molecule has 0 atom stereocenters. The Morgan fingerprint density at radius 3 is 2.44 bits per heavy atom. The number of alkyl halides is 3. The van der Waals surface area contributed by atoms with Crippen molar-refractivity contribution < 1.29 is 18.0 Å². The SMILES string of the molecule is O=C=NC1(c2ccc(C(F)(F)F)cn2)CC1. The van der Waals surface area contributed by atoms with E-state index in [9.17, 15) is 18.0 Å². The molecule has 1 aromatic rings. The average molecular weight is 228 g/mol. The Morgan fingerprint density at radius 1 is 1.38 bits per heavy atom. The van der Waals surface area contributed by atoms with Gasteiger partial charge in [0.25, 0.3) is 0 Å². The molecule has 6 heteroatoms. The van der Waals surface area contributed by atoms with Gasteiger partial charge < -0.3 is 0 Å². The van der Waals surface area contributed by atoms with Gasteiger partial charge in [-0.05, 0) is 25.0 Å². The van der Waals surface area contributed by atoms with E-state index in [4.69, 9.17) is 0 Å². The summed E-state index contributed by atoms with van der Waals surface area (Å²) < 4.78 is 36.8. The Bertz CT molecular complexity index is 442. The summed E-state index contributed by atoms with van der Waals surface area (Å²) in [6, 6.07) is 2.21. The minimum atomic E-state index is -4.39. The minimum absolute atomic E-state index is 0.392. The Kier molecular flexibility index (Phi) is 2.31. The highest BCUT2D eigenvalue weighted by molar-refractivity contribution is 5.39. The molecule has 84 valence electrons.